The molecule has 1 amide bonds. The van der Waals surface area contributed by atoms with Crippen LogP contribution in [-0.2, 0) is 11.3 Å². The number of fused-ring (bicyclic) bond motifs is 1. The molecule has 1 saturated heterocycles. The molecular formula is C19H28BrIN6O. The molecule has 7 nitrogen and oxygen atoms in total. The number of hydrogen-bond acceptors (Lipinski definition) is 3. The number of aromatic nitrogens is 2. The van der Waals surface area contributed by atoms with E-state index < -0.39 is 0 Å². The zero-order valence-corrected chi connectivity index (χ0v) is 20.2. The third-order valence-corrected chi connectivity index (χ3v) is 5.33. The Labute approximate surface area is 191 Å². The quantitative estimate of drug-likeness (QED) is 0.334. The van der Waals surface area contributed by atoms with E-state index in [0.29, 0.717) is 18.9 Å². The van der Waals surface area contributed by atoms with Gasteiger partial charge in [0.05, 0.1) is 12.2 Å². The summed E-state index contributed by atoms with van der Waals surface area (Å²) in [6, 6.07) is 3.97. The van der Waals surface area contributed by atoms with E-state index in [1.165, 1.54) is 0 Å². The fourth-order valence-corrected chi connectivity index (χ4v) is 3.74. The molecule has 0 aliphatic carbocycles. The summed E-state index contributed by atoms with van der Waals surface area (Å²) in [5.41, 5.74) is 1.86. The normalized spacial score (nSPS) is 15.4. The Kier molecular flexibility index (Phi) is 9.00. The zero-order chi connectivity index (χ0) is 19.2. The SMILES string of the molecule is CCNC(=NCc1cn2cc(Br)ccc2n1)N1CCC(CC(=O)NC)CC1.I. The van der Waals surface area contributed by atoms with Crippen LogP contribution in [0.2, 0.25) is 0 Å². The van der Waals surface area contributed by atoms with Crippen molar-refractivity contribution in [1.82, 2.24) is 24.9 Å². The molecule has 3 heterocycles. The molecule has 0 atom stereocenters. The molecule has 28 heavy (non-hydrogen) atoms. The second-order valence-corrected chi connectivity index (χ2v) is 7.74. The van der Waals surface area contributed by atoms with Gasteiger partial charge in [0.1, 0.15) is 5.65 Å². The molecule has 1 aliphatic rings. The third-order valence-electron chi connectivity index (χ3n) is 4.86. The van der Waals surface area contributed by atoms with E-state index in [2.05, 4.69) is 43.4 Å². The van der Waals surface area contributed by atoms with Crippen LogP contribution < -0.4 is 10.6 Å². The summed E-state index contributed by atoms with van der Waals surface area (Å²) in [5.74, 6) is 1.52. The molecule has 1 aliphatic heterocycles. The average molecular weight is 563 g/mol. The monoisotopic (exact) mass is 562 g/mol. The Morgan fingerprint density at radius 2 is 2.07 bits per heavy atom. The van der Waals surface area contributed by atoms with E-state index in [0.717, 1.165) is 54.2 Å². The van der Waals surface area contributed by atoms with Gasteiger partial charge in [-0.2, -0.15) is 0 Å². The number of pyridine rings is 1. The second-order valence-electron chi connectivity index (χ2n) is 6.82. The average Bonchev–Trinajstić information content (AvgIpc) is 3.07. The maximum atomic E-state index is 11.6. The van der Waals surface area contributed by atoms with Gasteiger partial charge in [0.25, 0.3) is 0 Å². The minimum atomic E-state index is 0. The van der Waals surface area contributed by atoms with Crippen molar-refractivity contribution < 1.29 is 4.79 Å². The zero-order valence-electron chi connectivity index (χ0n) is 16.3. The van der Waals surface area contributed by atoms with E-state index in [1.54, 1.807) is 7.05 Å². The summed E-state index contributed by atoms with van der Waals surface area (Å²) in [4.78, 5) is 23.3. The van der Waals surface area contributed by atoms with E-state index >= 15 is 0 Å². The third kappa shape index (κ3) is 6.07. The molecule has 1 fully saturated rings. The van der Waals surface area contributed by atoms with Crippen LogP contribution >= 0.6 is 39.9 Å². The molecule has 0 unspecified atom stereocenters. The first kappa shape index (κ1) is 22.9. The lowest BCUT2D eigenvalue weighted by Gasteiger charge is -2.34. The number of halogens is 2. The number of hydrogen-bond donors (Lipinski definition) is 2. The number of nitrogens with zero attached hydrogens (tertiary/aromatic N) is 4. The van der Waals surface area contributed by atoms with Gasteiger partial charge in [0.2, 0.25) is 5.91 Å². The first-order valence-electron chi connectivity index (χ1n) is 9.46. The van der Waals surface area contributed by atoms with Crippen molar-refractivity contribution in [2.75, 3.05) is 26.7 Å². The Morgan fingerprint density at radius 3 is 2.75 bits per heavy atom. The minimum Gasteiger partial charge on any atom is -0.359 e. The number of rotatable bonds is 5. The Bertz CT molecular complexity index is 816. The van der Waals surface area contributed by atoms with E-state index in [-0.39, 0.29) is 29.9 Å². The van der Waals surface area contributed by atoms with Gasteiger partial charge in [-0.25, -0.2) is 9.98 Å². The van der Waals surface area contributed by atoms with E-state index in [4.69, 9.17) is 4.99 Å². The molecule has 0 aromatic carbocycles. The molecule has 0 saturated carbocycles. The highest BCUT2D eigenvalue weighted by molar-refractivity contribution is 14.0. The highest BCUT2D eigenvalue weighted by Gasteiger charge is 2.23. The van der Waals surface area contributed by atoms with Crippen molar-refractivity contribution in [2.24, 2.45) is 10.9 Å². The number of guanidine groups is 1. The summed E-state index contributed by atoms with van der Waals surface area (Å²) in [6.45, 7) is 5.29. The molecule has 0 bridgehead atoms. The van der Waals surface area contributed by atoms with Gasteiger partial charge in [-0.05, 0) is 53.7 Å². The Balaban J connectivity index is 0.00000280. The molecule has 154 valence electrons. The van der Waals surface area contributed by atoms with Crippen LogP contribution in [0.1, 0.15) is 31.9 Å². The maximum absolute atomic E-state index is 11.6. The molecule has 2 aromatic rings. The highest BCUT2D eigenvalue weighted by Crippen LogP contribution is 2.20. The summed E-state index contributed by atoms with van der Waals surface area (Å²) in [7, 11) is 1.70. The lowest BCUT2D eigenvalue weighted by atomic mass is 9.93. The predicted octanol–water partition coefficient (Wildman–Crippen LogP) is 3.03. The van der Waals surface area contributed by atoms with Crippen LogP contribution in [0.25, 0.3) is 5.65 Å². The number of piperidine rings is 1. The summed E-state index contributed by atoms with van der Waals surface area (Å²) in [5, 5.41) is 6.11. The van der Waals surface area contributed by atoms with Gasteiger partial charge in [-0.15, -0.1) is 24.0 Å². The number of nitrogens with one attached hydrogen (secondary N) is 2. The van der Waals surface area contributed by atoms with Crippen LogP contribution in [-0.4, -0.2) is 52.8 Å². The molecule has 2 N–H and O–H groups in total. The second kappa shape index (κ2) is 11.0. The van der Waals surface area contributed by atoms with Crippen LogP contribution in [0.4, 0.5) is 0 Å². The molecule has 0 radical (unpaired) electrons. The first-order chi connectivity index (χ1) is 13.1. The standard InChI is InChI=1S/C19H27BrN6O.HI/c1-3-22-19(25-8-6-14(7-9-25)10-18(27)21-2)23-11-16-13-26-12-15(20)4-5-17(26)24-16;/h4-5,12-14H,3,6-11H2,1-2H3,(H,21,27)(H,22,23);1H. The van der Waals surface area contributed by atoms with Gasteiger partial charge in [-0.3, -0.25) is 4.79 Å². The smallest absolute Gasteiger partial charge is 0.220 e. The van der Waals surface area contributed by atoms with E-state index in [9.17, 15) is 4.79 Å². The van der Waals surface area contributed by atoms with Crippen LogP contribution in [0.15, 0.2) is 34.0 Å². The van der Waals surface area contributed by atoms with Crippen molar-refractivity contribution >= 4 is 57.4 Å². The summed E-state index contributed by atoms with van der Waals surface area (Å²) >= 11 is 3.48. The number of aliphatic imine (C=N–C) groups is 1. The Morgan fingerprint density at radius 1 is 1.32 bits per heavy atom. The van der Waals surface area contributed by atoms with Crippen LogP contribution in [0.5, 0.6) is 0 Å². The van der Waals surface area contributed by atoms with Crippen LogP contribution in [0.3, 0.4) is 0 Å². The molecule has 2 aromatic heterocycles. The first-order valence-corrected chi connectivity index (χ1v) is 10.2. The number of carbonyl (C=O) groups excluding carboxylic acids is 1. The summed E-state index contributed by atoms with van der Waals surface area (Å²) < 4.78 is 3.03. The number of imidazole rings is 1. The number of amides is 1. The Hall–Kier alpha value is -1.36. The predicted molar refractivity (Wildman–Crippen MR) is 126 cm³/mol. The van der Waals surface area contributed by atoms with Crippen molar-refractivity contribution in [3.63, 3.8) is 0 Å². The summed E-state index contributed by atoms with van der Waals surface area (Å²) in [6.07, 6.45) is 6.66. The lowest BCUT2D eigenvalue weighted by Crippen LogP contribution is -2.46. The maximum Gasteiger partial charge on any atom is 0.220 e. The van der Waals surface area contributed by atoms with Gasteiger partial charge in [0, 0.05) is 50.0 Å². The largest absolute Gasteiger partial charge is 0.359 e. The molecule has 0 spiro atoms. The van der Waals surface area contributed by atoms with Crippen molar-refractivity contribution in [3.05, 3.63) is 34.7 Å². The number of carbonyl (C=O) groups is 1. The fourth-order valence-electron chi connectivity index (χ4n) is 3.39. The van der Waals surface area contributed by atoms with Gasteiger partial charge >= 0.3 is 0 Å². The topological polar surface area (TPSA) is 74.0 Å². The lowest BCUT2D eigenvalue weighted by molar-refractivity contribution is -0.121. The van der Waals surface area contributed by atoms with Crippen molar-refractivity contribution in [1.29, 1.82) is 0 Å². The van der Waals surface area contributed by atoms with Gasteiger partial charge in [-0.1, -0.05) is 0 Å². The molecular weight excluding hydrogens is 535 g/mol. The van der Waals surface area contributed by atoms with Gasteiger partial charge in [0.15, 0.2) is 5.96 Å². The molecule has 3 rings (SSSR count). The number of likely N-dealkylation sites (tertiary alicyclic amines) is 1. The molecule has 9 heteroatoms. The van der Waals surface area contributed by atoms with Crippen molar-refractivity contribution in [3.8, 4) is 0 Å². The fraction of sp³-hybridized carbons (Fsp3) is 0.526. The minimum absolute atomic E-state index is 0. The van der Waals surface area contributed by atoms with Crippen molar-refractivity contribution in [2.45, 2.75) is 32.7 Å². The van der Waals surface area contributed by atoms with Gasteiger partial charge < -0.3 is 19.9 Å². The van der Waals surface area contributed by atoms with Crippen LogP contribution in [0, 0.1) is 5.92 Å². The van der Waals surface area contributed by atoms with E-state index in [1.807, 2.05) is 28.9 Å². The highest BCUT2D eigenvalue weighted by atomic mass is 127.